The molecule has 1 fully saturated rings. The third kappa shape index (κ3) is 6.48. The third-order valence-corrected chi connectivity index (χ3v) is 4.51. The van der Waals surface area contributed by atoms with Crippen LogP contribution in [0.15, 0.2) is 54.6 Å². The van der Waals surface area contributed by atoms with Gasteiger partial charge in [-0.1, -0.05) is 44.2 Å². The van der Waals surface area contributed by atoms with Crippen molar-refractivity contribution in [3.63, 3.8) is 0 Å². The van der Waals surface area contributed by atoms with Gasteiger partial charge in [0, 0.05) is 32.2 Å². The van der Waals surface area contributed by atoms with Crippen LogP contribution in [0.4, 0.5) is 0 Å². The third-order valence-electron chi connectivity index (χ3n) is 4.51. The molecule has 0 amide bonds. The summed E-state index contributed by atoms with van der Waals surface area (Å²) in [6.45, 7) is 8.99. The largest absolute Gasteiger partial charge is 0.457 e. The number of rotatable bonds is 6. The van der Waals surface area contributed by atoms with E-state index < -0.39 is 0 Å². The molecule has 0 spiro atoms. The van der Waals surface area contributed by atoms with Crippen molar-refractivity contribution in [3.05, 3.63) is 60.2 Å². The van der Waals surface area contributed by atoms with E-state index in [2.05, 4.69) is 42.3 Å². The van der Waals surface area contributed by atoms with Crippen molar-refractivity contribution in [2.24, 2.45) is 5.92 Å². The van der Waals surface area contributed by atoms with Gasteiger partial charge in [0.1, 0.15) is 11.5 Å². The van der Waals surface area contributed by atoms with E-state index in [-0.39, 0.29) is 24.8 Å². The zero-order valence-corrected chi connectivity index (χ0v) is 17.2. The van der Waals surface area contributed by atoms with E-state index in [0.29, 0.717) is 12.0 Å². The van der Waals surface area contributed by atoms with Crippen molar-refractivity contribution in [2.75, 3.05) is 26.2 Å². The Labute approximate surface area is 169 Å². The van der Waals surface area contributed by atoms with E-state index in [1.165, 1.54) is 12.0 Å². The fourth-order valence-electron chi connectivity index (χ4n) is 3.35. The minimum atomic E-state index is 0. The predicted octanol–water partition coefficient (Wildman–Crippen LogP) is 5.31. The molecule has 0 aliphatic carbocycles. The maximum Gasteiger partial charge on any atom is 0.127 e. The van der Waals surface area contributed by atoms with E-state index in [4.69, 9.17) is 4.74 Å². The van der Waals surface area contributed by atoms with Crippen LogP contribution in [0.1, 0.15) is 31.9 Å². The van der Waals surface area contributed by atoms with Crippen LogP contribution in [0.25, 0.3) is 0 Å². The van der Waals surface area contributed by atoms with Gasteiger partial charge in [-0.25, -0.2) is 0 Å². The molecule has 1 saturated heterocycles. The maximum absolute atomic E-state index is 6.03. The standard InChI is InChI=1S/C21H28N2O.2ClH/c1-17(2)15-21(23-13-11-22-12-14-23)18-7-6-10-20(16-18)24-19-8-4-3-5-9-19;;/h3-10,16-17,21-22H,11-15H2,1-2H3;2*1H/t21-;;/m0../s1. The number of nitrogens with zero attached hydrogens (tertiary/aromatic N) is 1. The molecule has 144 valence electrons. The lowest BCUT2D eigenvalue weighted by atomic mass is 9.95. The lowest BCUT2D eigenvalue weighted by Crippen LogP contribution is -2.45. The Bertz CT molecular complexity index is 631. The van der Waals surface area contributed by atoms with Crippen LogP contribution < -0.4 is 10.1 Å². The van der Waals surface area contributed by atoms with Crippen molar-refractivity contribution >= 4 is 24.8 Å². The van der Waals surface area contributed by atoms with Crippen LogP contribution in [0.2, 0.25) is 0 Å². The van der Waals surface area contributed by atoms with Crippen molar-refractivity contribution < 1.29 is 4.74 Å². The molecule has 1 atom stereocenters. The highest BCUT2D eigenvalue weighted by atomic mass is 35.5. The van der Waals surface area contributed by atoms with E-state index in [0.717, 1.165) is 37.7 Å². The van der Waals surface area contributed by atoms with Crippen molar-refractivity contribution in [1.82, 2.24) is 10.2 Å². The van der Waals surface area contributed by atoms with Crippen LogP contribution in [0.5, 0.6) is 11.5 Å². The monoisotopic (exact) mass is 396 g/mol. The summed E-state index contributed by atoms with van der Waals surface area (Å²) < 4.78 is 6.03. The Kier molecular flexibility index (Phi) is 10.0. The molecule has 3 nitrogen and oxygen atoms in total. The molecule has 0 bridgehead atoms. The zero-order chi connectivity index (χ0) is 16.8. The number of halogens is 2. The molecule has 2 aromatic carbocycles. The molecule has 1 aliphatic heterocycles. The smallest absolute Gasteiger partial charge is 0.127 e. The highest BCUT2D eigenvalue weighted by molar-refractivity contribution is 5.85. The van der Waals surface area contributed by atoms with Gasteiger partial charge in [-0.2, -0.15) is 0 Å². The Morgan fingerprint density at radius 1 is 0.923 bits per heavy atom. The molecule has 0 saturated carbocycles. The topological polar surface area (TPSA) is 24.5 Å². The highest BCUT2D eigenvalue weighted by Gasteiger charge is 2.23. The first-order valence-corrected chi connectivity index (χ1v) is 9.00. The quantitative estimate of drug-likeness (QED) is 0.715. The van der Waals surface area contributed by atoms with Gasteiger partial charge in [0.15, 0.2) is 0 Å². The molecule has 0 radical (unpaired) electrons. The molecular weight excluding hydrogens is 367 g/mol. The first kappa shape index (κ1) is 22.8. The molecule has 2 aromatic rings. The van der Waals surface area contributed by atoms with Gasteiger partial charge in [-0.05, 0) is 42.2 Å². The average Bonchev–Trinajstić information content (AvgIpc) is 2.61. The van der Waals surface area contributed by atoms with Crippen LogP contribution in [-0.2, 0) is 0 Å². The molecular formula is C21H30Cl2N2O. The fourth-order valence-corrected chi connectivity index (χ4v) is 3.35. The first-order valence-electron chi connectivity index (χ1n) is 9.00. The molecule has 0 unspecified atom stereocenters. The molecule has 1 N–H and O–H groups in total. The van der Waals surface area contributed by atoms with Crippen molar-refractivity contribution in [3.8, 4) is 11.5 Å². The summed E-state index contributed by atoms with van der Waals surface area (Å²) in [5.74, 6) is 2.48. The lowest BCUT2D eigenvalue weighted by Gasteiger charge is -2.36. The second-order valence-electron chi connectivity index (χ2n) is 6.92. The van der Waals surface area contributed by atoms with E-state index in [1.807, 2.05) is 36.4 Å². The molecule has 5 heteroatoms. The van der Waals surface area contributed by atoms with Gasteiger partial charge in [0.05, 0.1) is 0 Å². The van der Waals surface area contributed by atoms with Gasteiger partial charge in [-0.3, -0.25) is 4.90 Å². The number of nitrogens with one attached hydrogen (secondary N) is 1. The van der Waals surface area contributed by atoms with Crippen LogP contribution in [0, 0.1) is 5.92 Å². The number of hydrogen-bond acceptors (Lipinski definition) is 3. The molecule has 0 aromatic heterocycles. The zero-order valence-electron chi connectivity index (χ0n) is 15.6. The van der Waals surface area contributed by atoms with Gasteiger partial charge in [0.2, 0.25) is 0 Å². The summed E-state index contributed by atoms with van der Waals surface area (Å²) in [4.78, 5) is 2.61. The SMILES string of the molecule is CC(C)C[C@@H](c1cccc(Oc2ccccc2)c1)N1CCNCC1.Cl.Cl. The summed E-state index contributed by atoms with van der Waals surface area (Å²) >= 11 is 0. The number of benzene rings is 2. The number of hydrogen-bond donors (Lipinski definition) is 1. The van der Waals surface area contributed by atoms with Crippen molar-refractivity contribution in [2.45, 2.75) is 26.3 Å². The van der Waals surface area contributed by atoms with Gasteiger partial charge < -0.3 is 10.1 Å². The summed E-state index contributed by atoms with van der Waals surface area (Å²) in [7, 11) is 0. The van der Waals surface area contributed by atoms with Gasteiger partial charge in [0.25, 0.3) is 0 Å². The number of ether oxygens (including phenoxy) is 1. The van der Waals surface area contributed by atoms with E-state index >= 15 is 0 Å². The van der Waals surface area contributed by atoms with Crippen molar-refractivity contribution in [1.29, 1.82) is 0 Å². The summed E-state index contributed by atoms with van der Waals surface area (Å²) in [6.07, 6.45) is 1.18. The van der Waals surface area contributed by atoms with Crippen LogP contribution in [-0.4, -0.2) is 31.1 Å². The highest BCUT2D eigenvalue weighted by Crippen LogP contribution is 2.31. The first-order chi connectivity index (χ1) is 11.7. The molecule has 26 heavy (non-hydrogen) atoms. The van der Waals surface area contributed by atoms with Crippen LogP contribution in [0.3, 0.4) is 0 Å². The Morgan fingerprint density at radius 3 is 2.23 bits per heavy atom. The van der Waals surface area contributed by atoms with Crippen LogP contribution >= 0.6 is 24.8 Å². The second kappa shape index (κ2) is 11.5. The Hall–Kier alpha value is -1.26. The Balaban J connectivity index is 0.00000169. The maximum atomic E-state index is 6.03. The van der Waals surface area contributed by atoms with E-state index in [9.17, 15) is 0 Å². The summed E-state index contributed by atoms with van der Waals surface area (Å²) in [5.41, 5.74) is 1.36. The Morgan fingerprint density at radius 2 is 1.58 bits per heavy atom. The molecule has 1 heterocycles. The van der Waals surface area contributed by atoms with E-state index in [1.54, 1.807) is 0 Å². The minimum Gasteiger partial charge on any atom is -0.457 e. The fraction of sp³-hybridized carbons (Fsp3) is 0.429. The number of piperazine rings is 1. The number of para-hydroxylation sites is 1. The molecule has 1 aliphatic rings. The predicted molar refractivity (Wildman–Crippen MR) is 114 cm³/mol. The lowest BCUT2D eigenvalue weighted by molar-refractivity contribution is 0.154. The minimum absolute atomic E-state index is 0. The van der Waals surface area contributed by atoms with Gasteiger partial charge in [-0.15, -0.1) is 24.8 Å². The molecule has 3 rings (SSSR count). The summed E-state index contributed by atoms with van der Waals surface area (Å²) in [6, 6.07) is 19.1. The normalized spacial score (nSPS) is 15.7. The second-order valence-corrected chi connectivity index (χ2v) is 6.92. The summed E-state index contributed by atoms with van der Waals surface area (Å²) in [5, 5.41) is 3.45. The van der Waals surface area contributed by atoms with Gasteiger partial charge >= 0.3 is 0 Å². The average molecular weight is 397 g/mol.